The molecule has 2 heterocycles. The van der Waals surface area contributed by atoms with Crippen molar-refractivity contribution in [1.82, 2.24) is 9.88 Å². The number of hydrogen-bond acceptors (Lipinski definition) is 3. The molecule has 0 bridgehead atoms. The molecule has 0 radical (unpaired) electrons. The Bertz CT molecular complexity index is 568. The first-order chi connectivity index (χ1) is 10.4. The van der Waals surface area contributed by atoms with Crippen molar-refractivity contribution in [3.63, 3.8) is 0 Å². The van der Waals surface area contributed by atoms with Crippen LogP contribution >= 0.6 is 11.3 Å². The van der Waals surface area contributed by atoms with Gasteiger partial charge < -0.3 is 14.6 Å². The van der Waals surface area contributed by atoms with Crippen molar-refractivity contribution in [2.75, 3.05) is 6.61 Å². The first-order valence-electron chi connectivity index (χ1n) is 8.05. The van der Waals surface area contributed by atoms with E-state index in [2.05, 4.69) is 28.0 Å². The SMILES string of the molecule is CCC(C)(C)NC(=O)/N=c1\sc(C)cn1CC1CCCCO1. The summed E-state index contributed by atoms with van der Waals surface area (Å²) in [6, 6.07) is -0.271. The first-order valence-corrected chi connectivity index (χ1v) is 8.86. The second-order valence-electron chi connectivity index (χ2n) is 6.54. The van der Waals surface area contributed by atoms with Gasteiger partial charge in [-0.05, 0) is 46.5 Å². The summed E-state index contributed by atoms with van der Waals surface area (Å²) in [4.78, 5) is 18.3. The molecule has 0 saturated carbocycles. The summed E-state index contributed by atoms with van der Waals surface area (Å²) in [5, 5.41) is 2.95. The molecule has 0 aromatic carbocycles. The Labute approximate surface area is 136 Å². The van der Waals surface area contributed by atoms with Crippen LogP contribution in [0.3, 0.4) is 0 Å². The van der Waals surface area contributed by atoms with Crippen LogP contribution in [0.4, 0.5) is 4.79 Å². The van der Waals surface area contributed by atoms with Gasteiger partial charge in [0, 0.05) is 23.2 Å². The van der Waals surface area contributed by atoms with Gasteiger partial charge in [0.05, 0.1) is 12.6 Å². The number of thiazole rings is 1. The molecule has 5 nitrogen and oxygen atoms in total. The Morgan fingerprint density at radius 2 is 2.32 bits per heavy atom. The van der Waals surface area contributed by atoms with Gasteiger partial charge >= 0.3 is 6.03 Å². The minimum atomic E-state index is -0.271. The second-order valence-corrected chi connectivity index (χ2v) is 7.76. The monoisotopic (exact) mass is 325 g/mol. The molecule has 1 aromatic heterocycles. The molecule has 1 aliphatic rings. The number of amides is 2. The smallest absolute Gasteiger partial charge is 0.344 e. The van der Waals surface area contributed by atoms with Gasteiger partial charge in [0.1, 0.15) is 0 Å². The summed E-state index contributed by atoms with van der Waals surface area (Å²) < 4.78 is 7.84. The minimum absolute atomic E-state index is 0.232. The zero-order valence-electron chi connectivity index (χ0n) is 14.0. The summed E-state index contributed by atoms with van der Waals surface area (Å²) in [5.41, 5.74) is -0.232. The third-order valence-electron chi connectivity index (χ3n) is 4.04. The van der Waals surface area contributed by atoms with Crippen molar-refractivity contribution in [3.05, 3.63) is 15.9 Å². The van der Waals surface area contributed by atoms with Gasteiger partial charge in [-0.3, -0.25) is 0 Å². The maximum Gasteiger partial charge on any atom is 0.344 e. The lowest BCUT2D eigenvalue weighted by molar-refractivity contribution is 0.00556. The Morgan fingerprint density at radius 3 is 2.95 bits per heavy atom. The summed E-state index contributed by atoms with van der Waals surface area (Å²) in [6.07, 6.45) is 6.60. The third kappa shape index (κ3) is 4.95. The van der Waals surface area contributed by atoms with Crippen LogP contribution in [-0.2, 0) is 11.3 Å². The zero-order chi connectivity index (χ0) is 16.2. The largest absolute Gasteiger partial charge is 0.376 e. The van der Waals surface area contributed by atoms with Gasteiger partial charge in [0.25, 0.3) is 0 Å². The highest BCUT2D eigenvalue weighted by Gasteiger charge is 2.18. The molecule has 124 valence electrons. The van der Waals surface area contributed by atoms with Crippen molar-refractivity contribution in [3.8, 4) is 0 Å². The van der Waals surface area contributed by atoms with Gasteiger partial charge in [0.2, 0.25) is 0 Å². The lowest BCUT2D eigenvalue weighted by Gasteiger charge is -2.23. The number of hydrogen-bond donors (Lipinski definition) is 1. The van der Waals surface area contributed by atoms with Crippen LogP contribution in [0.5, 0.6) is 0 Å². The predicted octanol–water partition coefficient (Wildman–Crippen LogP) is 3.23. The van der Waals surface area contributed by atoms with Crippen molar-refractivity contribution >= 4 is 17.4 Å². The molecule has 0 aliphatic carbocycles. The molecule has 1 fully saturated rings. The number of rotatable bonds is 4. The molecule has 1 atom stereocenters. The average molecular weight is 325 g/mol. The van der Waals surface area contributed by atoms with Crippen molar-refractivity contribution < 1.29 is 9.53 Å². The van der Waals surface area contributed by atoms with Crippen LogP contribution in [0, 0.1) is 6.92 Å². The maximum atomic E-state index is 12.1. The topological polar surface area (TPSA) is 55.6 Å². The van der Waals surface area contributed by atoms with Crippen molar-refractivity contribution in [1.29, 1.82) is 0 Å². The Balaban J connectivity index is 2.12. The highest BCUT2D eigenvalue weighted by Crippen LogP contribution is 2.15. The molecule has 2 rings (SSSR count). The van der Waals surface area contributed by atoms with E-state index in [1.54, 1.807) is 11.3 Å². The second kappa shape index (κ2) is 7.42. The first kappa shape index (κ1) is 17.2. The fraction of sp³-hybridized carbons (Fsp3) is 0.750. The molecule has 2 amide bonds. The highest BCUT2D eigenvalue weighted by molar-refractivity contribution is 7.09. The molecule has 1 saturated heterocycles. The van der Waals surface area contributed by atoms with Gasteiger partial charge in [0.15, 0.2) is 4.80 Å². The number of nitrogens with zero attached hydrogens (tertiary/aromatic N) is 2. The van der Waals surface area contributed by atoms with E-state index < -0.39 is 0 Å². The molecule has 22 heavy (non-hydrogen) atoms. The molecular formula is C16H27N3O2S. The number of aromatic nitrogens is 1. The van der Waals surface area contributed by atoms with E-state index in [1.807, 2.05) is 20.8 Å². The van der Waals surface area contributed by atoms with E-state index in [-0.39, 0.29) is 17.7 Å². The fourth-order valence-electron chi connectivity index (χ4n) is 2.38. The Kier molecular flexibility index (Phi) is 5.81. The molecular weight excluding hydrogens is 298 g/mol. The molecule has 1 N–H and O–H groups in total. The lowest BCUT2D eigenvalue weighted by atomic mass is 10.0. The third-order valence-corrected chi connectivity index (χ3v) is 4.97. The number of ether oxygens (including phenoxy) is 1. The zero-order valence-corrected chi connectivity index (χ0v) is 14.8. The molecule has 6 heteroatoms. The van der Waals surface area contributed by atoms with E-state index in [9.17, 15) is 4.79 Å². The fourth-order valence-corrected chi connectivity index (χ4v) is 3.23. The number of aryl methyl sites for hydroxylation is 1. The standard InChI is InChI=1S/C16H27N3O2S/c1-5-16(3,4)18-14(20)17-15-19(10-12(2)22-15)11-13-8-6-7-9-21-13/h10,13H,5-9,11H2,1-4H3,(H,18,20)/b17-15-. The summed E-state index contributed by atoms with van der Waals surface area (Å²) >= 11 is 1.54. The van der Waals surface area contributed by atoms with Crippen LogP contribution < -0.4 is 10.1 Å². The number of carbonyl (C=O) groups is 1. The summed E-state index contributed by atoms with van der Waals surface area (Å²) in [6.45, 7) is 9.71. The predicted molar refractivity (Wildman–Crippen MR) is 89.1 cm³/mol. The molecule has 1 aromatic rings. The van der Waals surface area contributed by atoms with Crippen LogP contribution in [0.1, 0.15) is 51.3 Å². The normalized spacial score (nSPS) is 20.2. The summed E-state index contributed by atoms with van der Waals surface area (Å²) in [7, 11) is 0. The molecule has 0 spiro atoms. The number of nitrogens with one attached hydrogen (secondary N) is 1. The van der Waals surface area contributed by atoms with E-state index >= 15 is 0 Å². The number of carbonyl (C=O) groups excluding carboxylic acids is 1. The van der Waals surface area contributed by atoms with Crippen LogP contribution in [0.25, 0.3) is 0 Å². The lowest BCUT2D eigenvalue weighted by Crippen LogP contribution is -2.42. The highest BCUT2D eigenvalue weighted by atomic mass is 32.1. The minimum Gasteiger partial charge on any atom is -0.376 e. The molecule has 1 aliphatic heterocycles. The Morgan fingerprint density at radius 1 is 1.55 bits per heavy atom. The van der Waals surface area contributed by atoms with Crippen molar-refractivity contribution in [2.45, 2.75) is 71.6 Å². The van der Waals surface area contributed by atoms with Crippen LogP contribution in [-0.4, -0.2) is 28.8 Å². The maximum absolute atomic E-state index is 12.1. The average Bonchev–Trinajstić information content (AvgIpc) is 2.79. The van der Waals surface area contributed by atoms with Gasteiger partial charge in [-0.2, -0.15) is 4.99 Å². The van der Waals surface area contributed by atoms with E-state index in [1.165, 1.54) is 6.42 Å². The van der Waals surface area contributed by atoms with Crippen molar-refractivity contribution in [2.24, 2.45) is 4.99 Å². The molecule has 1 unspecified atom stereocenters. The summed E-state index contributed by atoms with van der Waals surface area (Å²) in [5.74, 6) is 0. The van der Waals surface area contributed by atoms with Crippen LogP contribution in [0.2, 0.25) is 0 Å². The quantitative estimate of drug-likeness (QED) is 0.924. The van der Waals surface area contributed by atoms with E-state index in [4.69, 9.17) is 4.74 Å². The van der Waals surface area contributed by atoms with E-state index in [0.29, 0.717) is 0 Å². The van der Waals surface area contributed by atoms with Crippen LogP contribution in [0.15, 0.2) is 11.2 Å². The Hall–Kier alpha value is -1.14. The van der Waals surface area contributed by atoms with Gasteiger partial charge in [-0.25, -0.2) is 4.79 Å². The van der Waals surface area contributed by atoms with Gasteiger partial charge in [-0.15, -0.1) is 11.3 Å². The van der Waals surface area contributed by atoms with E-state index in [0.717, 1.165) is 42.1 Å². The van der Waals surface area contributed by atoms with Gasteiger partial charge in [-0.1, -0.05) is 6.92 Å². The number of urea groups is 1.